The molecule has 2 aliphatic rings. The molecule has 13 heteroatoms. The highest BCUT2D eigenvalue weighted by Crippen LogP contribution is 2.38. The molecule has 2 N–H and O–H groups in total. The van der Waals surface area contributed by atoms with Gasteiger partial charge in [-0.1, -0.05) is 72.4 Å². The van der Waals surface area contributed by atoms with E-state index in [0.29, 0.717) is 77.5 Å². The number of likely N-dealkylation sites (tertiary alicyclic amines) is 2. The summed E-state index contributed by atoms with van der Waals surface area (Å²) >= 11 is 13.7. The van der Waals surface area contributed by atoms with Crippen LogP contribution in [0, 0.1) is 32.1 Å². The number of piperidine rings is 2. The largest absolute Gasteiger partial charge is 0.488 e. The van der Waals surface area contributed by atoms with Crippen molar-refractivity contribution in [1.29, 1.82) is 5.26 Å². The monoisotopic (exact) mass is 890 g/mol. The lowest BCUT2D eigenvalue weighted by Crippen LogP contribution is -2.44. The Bertz CT molecular complexity index is 2520. The van der Waals surface area contributed by atoms with Crippen LogP contribution in [0.15, 0.2) is 79.1 Å². The average Bonchev–Trinajstić information content (AvgIpc) is 3.27. The highest BCUT2D eigenvalue weighted by atomic mass is 35.5. The van der Waals surface area contributed by atoms with Gasteiger partial charge in [0.2, 0.25) is 0 Å². The number of aryl methyl sites for hydroxylation is 1. The predicted octanol–water partition coefficient (Wildman–Crippen LogP) is 10.5. The van der Waals surface area contributed by atoms with Gasteiger partial charge >= 0.3 is 11.9 Å². The number of pyridine rings is 1. The van der Waals surface area contributed by atoms with Crippen LogP contribution in [-0.2, 0) is 42.5 Å². The zero-order valence-electron chi connectivity index (χ0n) is 35.8. The van der Waals surface area contributed by atoms with Crippen LogP contribution in [0.1, 0.15) is 88.6 Å². The summed E-state index contributed by atoms with van der Waals surface area (Å²) in [5.74, 6) is -0.124. The Morgan fingerprint density at radius 2 is 1.21 bits per heavy atom. The molecule has 0 spiro atoms. The predicted molar refractivity (Wildman–Crippen MR) is 242 cm³/mol. The smallest absolute Gasteiger partial charge is 0.320 e. The van der Waals surface area contributed by atoms with Crippen molar-refractivity contribution in [3.8, 4) is 34.4 Å². The van der Waals surface area contributed by atoms with E-state index in [1.165, 1.54) is 6.20 Å². The third-order valence-electron chi connectivity index (χ3n) is 12.3. The van der Waals surface area contributed by atoms with Crippen molar-refractivity contribution in [2.75, 3.05) is 13.1 Å². The van der Waals surface area contributed by atoms with Gasteiger partial charge in [0.1, 0.15) is 55.2 Å². The van der Waals surface area contributed by atoms with Gasteiger partial charge in [-0.25, -0.2) is 0 Å². The molecule has 0 radical (unpaired) electrons. The van der Waals surface area contributed by atoms with Crippen LogP contribution in [0.25, 0.3) is 11.1 Å². The molecule has 0 bridgehead atoms. The molecule has 2 saturated heterocycles. The summed E-state index contributed by atoms with van der Waals surface area (Å²) in [5, 5.41) is 30.0. The molecule has 63 heavy (non-hydrogen) atoms. The molecular weight excluding hydrogens is 839 g/mol. The molecule has 328 valence electrons. The van der Waals surface area contributed by atoms with Crippen LogP contribution in [0.3, 0.4) is 0 Å². The minimum Gasteiger partial charge on any atom is -0.488 e. The van der Waals surface area contributed by atoms with Gasteiger partial charge in [0.05, 0.1) is 15.6 Å². The first-order valence-electron chi connectivity index (χ1n) is 21.3. The fourth-order valence-electron chi connectivity index (χ4n) is 8.64. The number of hydrogen-bond acceptors (Lipinski definition) is 9. The summed E-state index contributed by atoms with van der Waals surface area (Å²) in [6, 6.07) is 22.4. The molecule has 1 aromatic heterocycles. The van der Waals surface area contributed by atoms with E-state index in [1.807, 2.05) is 53.1 Å². The van der Waals surface area contributed by atoms with Crippen molar-refractivity contribution in [1.82, 2.24) is 14.8 Å². The highest BCUT2D eigenvalue weighted by Gasteiger charge is 2.30. The Hall–Kier alpha value is -5.64. The van der Waals surface area contributed by atoms with Crippen LogP contribution in [0.4, 0.5) is 0 Å². The summed E-state index contributed by atoms with van der Waals surface area (Å²) in [6.07, 6.45) is 8.03. The van der Waals surface area contributed by atoms with Crippen molar-refractivity contribution in [3.05, 3.63) is 139 Å². The molecule has 0 saturated carbocycles. The number of aromatic nitrogens is 1. The van der Waals surface area contributed by atoms with E-state index >= 15 is 0 Å². The van der Waals surface area contributed by atoms with E-state index in [9.17, 15) is 25.1 Å². The van der Waals surface area contributed by atoms with Crippen molar-refractivity contribution in [2.24, 2.45) is 0 Å². The third kappa shape index (κ3) is 10.9. The van der Waals surface area contributed by atoms with Crippen LogP contribution < -0.4 is 14.2 Å². The van der Waals surface area contributed by atoms with E-state index < -0.39 is 24.0 Å². The Kier molecular flexibility index (Phi) is 14.9. The maximum Gasteiger partial charge on any atom is 0.320 e. The summed E-state index contributed by atoms with van der Waals surface area (Å²) in [6.45, 7) is 9.08. The minimum absolute atomic E-state index is 0.137. The van der Waals surface area contributed by atoms with Crippen LogP contribution >= 0.6 is 23.2 Å². The van der Waals surface area contributed by atoms with E-state index in [-0.39, 0.29) is 13.2 Å². The van der Waals surface area contributed by atoms with Gasteiger partial charge in [-0.15, -0.1) is 0 Å². The Morgan fingerprint density at radius 3 is 1.76 bits per heavy atom. The molecule has 2 atom stereocenters. The van der Waals surface area contributed by atoms with Gasteiger partial charge < -0.3 is 24.4 Å². The third-order valence-corrected chi connectivity index (χ3v) is 12.9. The van der Waals surface area contributed by atoms with Gasteiger partial charge in [0, 0.05) is 42.7 Å². The fourth-order valence-corrected chi connectivity index (χ4v) is 9.12. The second-order valence-corrected chi connectivity index (χ2v) is 17.3. The quantitative estimate of drug-likeness (QED) is 0.0976. The lowest BCUT2D eigenvalue weighted by Gasteiger charge is -2.33. The average molecular weight is 892 g/mol. The molecule has 2 aliphatic heterocycles. The second kappa shape index (κ2) is 20.7. The number of aliphatic carboxylic acids is 2. The summed E-state index contributed by atoms with van der Waals surface area (Å²) in [4.78, 5) is 32.2. The van der Waals surface area contributed by atoms with Gasteiger partial charge in [0.15, 0.2) is 0 Å². The van der Waals surface area contributed by atoms with Crippen LogP contribution in [0.5, 0.6) is 17.2 Å². The Morgan fingerprint density at radius 1 is 0.683 bits per heavy atom. The highest BCUT2D eigenvalue weighted by molar-refractivity contribution is 6.32. The number of halogens is 2. The lowest BCUT2D eigenvalue weighted by molar-refractivity contribution is -0.145. The molecule has 0 amide bonds. The maximum absolute atomic E-state index is 12.1. The number of carboxylic acid groups (broad SMARTS) is 2. The van der Waals surface area contributed by atoms with Gasteiger partial charge in [0.25, 0.3) is 0 Å². The first-order chi connectivity index (χ1) is 30.4. The van der Waals surface area contributed by atoms with Crippen molar-refractivity contribution in [3.63, 3.8) is 0 Å². The summed E-state index contributed by atoms with van der Waals surface area (Å²) in [7, 11) is 0. The zero-order valence-corrected chi connectivity index (χ0v) is 37.3. The number of benzene rings is 4. The minimum atomic E-state index is -0.847. The van der Waals surface area contributed by atoms with Crippen LogP contribution in [-0.4, -0.2) is 62.1 Å². The van der Waals surface area contributed by atoms with Crippen LogP contribution in [0.2, 0.25) is 10.0 Å². The van der Waals surface area contributed by atoms with Gasteiger partial charge in [-0.2, -0.15) is 5.26 Å². The molecule has 5 aromatic rings. The van der Waals surface area contributed by atoms with E-state index in [1.54, 1.807) is 24.4 Å². The SMILES string of the molecule is Cc1cc(OCc2cccc(-c3cccc(COc4cc(OCc5cncc(C#N)c5)c(CN5CCCCC5C(=O)O)cc4Cl)c3C)c2C)c(Cl)cc1CN1CCCCC1C(=O)O. The zero-order chi connectivity index (χ0) is 44.6. The first-order valence-corrected chi connectivity index (χ1v) is 22.1. The molecule has 0 aliphatic carbocycles. The van der Waals surface area contributed by atoms with E-state index in [4.69, 9.17) is 37.4 Å². The topological polar surface area (TPSA) is 145 Å². The molecule has 11 nitrogen and oxygen atoms in total. The Labute approximate surface area is 378 Å². The number of nitriles is 1. The summed E-state index contributed by atoms with van der Waals surface area (Å²) < 4.78 is 19.1. The number of ether oxygens (including phenoxy) is 3. The maximum atomic E-state index is 12.1. The number of carboxylic acids is 2. The normalized spacial score (nSPS) is 16.9. The molecular formula is C50H52Cl2N4O7. The molecule has 2 unspecified atom stereocenters. The number of hydrogen-bond donors (Lipinski definition) is 2. The summed E-state index contributed by atoms with van der Waals surface area (Å²) in [5.41, 5.74) is 10.1. The number of nitrogens with zero attached hydrogens (tertiary/aromatic N) is 4. The van der Waals surface area contributed by atoms with Gasteiger partial charge in [-0.05, 0) is 128 Å². The number of carbonyl (C=O) groups is 2. The molecule has 4 aromatic carbocycles. The Balaban J connectivity index is 1.07. The number of rotatable bonds is 16. The van der Waals surface area contributed by atoms with Crippen molar-refractivity contribution >= 4 is 35.1 Å². The standard InChI is InChI=1S/C50H52Cl2N4O7/c1-31-18-47(42(51)20-38(31)26-55-16-6-4-14-44(55)49(57)58)62-29-36-10-8-12-40(32(36)2)41-13-9-11-37(33(41)3)30-63-48-22-46(61-28-35-19-34(23-53)24-54-25-35)39(21-43(48)52)27-56-17-7-5-15-45(56)50(59)60/h8-13,18-22,24-25,44-45H,4-7,14-17,26-30H2,1-3H3,(H,57,58)(H,59,60). The molecule has 3 heterocycles. The molecule has 2 fully saturated rings. The van der Waals surface area contributed by atoms with Gasteiger partial charge in [-0.3, -0.25) is 24.4 Å². The van der Waals surface area contributed by atoms with E-state index in [0.717, 1.165) is 82.3 Å². The molecule has 7 rings (SSSR count). The van der Waals surface area contributed by atoms with E-state index in [2.05, 4.69) is 37.0 Å². The lowest BCUT2D eigenvalue weighted by atomic mass is 9.92. The fraction of sp³-hybridized carbons (Fsp3) is 0.360. The van der Waals surface area contributed by atoms with Crippen molar-refractivity contribution < 1.29 is 34.0 Å². The second-order valence-electron chi connectivity index (χ2n) is 16.5. The first kappa shape index (κ1) is 45.4. The van der Waals surface area contributed by atoms with Crippen molar-refractivity contribution in [2.45, 2.75) is 104 Å².